The standard InChI is InChI=1S/C15H24N2O3/c1-11(2)15(3,19)10-17-14(18)9-16-12-7-5-6-8-13(12)20-4/h5-8,11,16,19H,9-10H2,1-4H3,(H,17,18)/t15-/m0/s1. The van der Waals surface area contributed by atoms with Gasteiger partial charge in [-0.15, -0.1) is 0 Å². The van der Waals surface area contributed by atoms with Crippen molar-refractivity contribution in [2.45, 2.75) is 26.4 Å². The lowest BCUT2D eigenvalue weighted by Gasteiger charge is -2.27. The fourth-order valence-corrected chi connectivity index (χ4v) is 1.51. The Morgan fingerprint density at radius 2 is 2.05 bits per heavy atom. The van der Waals surface area contributed by atoms with E-state index in [4.69, 9.17) is 4.74 Å². The zero-order chi connectivity index (χ0) is 15.2. The Morgan fingerprint density at radius 1 is 1.40 bits per heavy atom. The first-order valence-electron chi connectivity index (χ1n) is 6.73. The molecule has 1 atom stereocenters. The molecule has 0 heterocycles. The summed E-state index contributed by atoms with van der Waals surface area (Å²) in [4.78, 5) is 11.8. The van der Waals surface area contributed by atoms with Crippen molar-refractivity contribution in [2.24, 2.45) is 5.92 Å². The Morgan fingerprint density at radius 3 is 2.65 bits per heavy atom. The summed E-state index contributed by atoms with van der Waals surface area (Å²) in [6.07, 6.45) is 0. The van der Waals surface area contributed by atoms with Crippen molar-refractivity contribution < 1.29 is 14.6 Å². The number of ether oxygens (including phenoxy) is 1. The van der Waals surface area contributed by atoms with Crippen molar-refractivity contribution in [3.63, 3.8) is 0 Å². The average molecular weight is 280 g/mol. The van der Waals surface area contributed by atoms with Gasteiger partial charge in [-0.1, -0.05) is 26.0 Å². The number of para-hydroxylation sites is 2. The van der Waals surface area contributed by atoms with E-state index in [1.807, 2.05) is 38.1 Å². The second-order valence-corrected chi connectivity index (χ2v) is 5.34. The summed E-state index contributed by atoms with van der Waals surface area (Å²) in [5.41, 5.74) is -0.138. The Kier molecular flexibility index (Phi) is 5.82. The van der Waals surface area contributed by atoms with E-state index in [-0.39, 0.29) is 24.9 Å². The predicted molar refractivity (Wildman–Crippen MR) is 80.0 cm³/mol. The highest BCUT2D eigenvalue weighted by Gasteiger charge is 2.25. The number of aliphatic hydroxyl groups is 1. The van der Waals surface area contributed by atoms with Crippen molar-refractivity contribution in [3.05, 3.63) is 24.3 Å². The molecule has 0 aliphatic heterocycles. The fourth-order valence-electron chi connectivity index (χ4n) is 1.51. The molecule has 1 aromatic carbocycles. The zero-order valence-corrected chi connectivity index (χ0v) is 12.6. The number of anilines is 1. The van der Waals surface area contributed by atoms with Crippen LogP contribution in [0.3, 0.4) is 0 Å². The number of benzene rings is 1. The number of methoxy groups -OCH3 is 1. The molecule has 0 spiro atoms. The number of hydrogen-bond donors (Lipinski definition) is 3. The quantitative estimate of drug-likeness (QED) is 0.710. The van der Waals surface area contributed by atoms with E-state index in [2.05, 4.69) is 10.6 Å². The molecule has 0 bridgehead atoms. The smallest absolute Gasteiger partial charge is 0.239 e. The lowest BCUT2D eigenvalue weighted by Crippen LogP contribution is -2.45. The number of carbonyl (C=O) groups excluding carboxylic acids is 1. The van der Waals surface area contributed by atoms with Gasteiger partial charge in [0.05, 0.1) is 24.9 Å². The molecule has 1 rings (SSSR count). The fraction of sp³-hybridized carbons (Fsp3) is 0.533. The highest BCUT2D eigenvalue weighted by Crippen LogP contribution is 2.22. The molecule has 0 saturated carbocycles. The van der Waals surface area contributed by atoms with Crippen LogP contribution in [-0.2, 0) is 4.79 Å². The minimum absolute atomic E-state index is 0.0741. The Balaban J connectivity index is 2.44. The second kappa shape index (κ2) is 7.14. The first-order chi connectivity index (χ1) is 9.36. The van der Waals surface area contributed by atoms with Gasteiger partial charge >= 0.3 is 0 Å². The Labute approximate surface area is 120 Å². The molecular formula is C15H24N2O3. The highest BCUT2D eigenvalue weighted by atomic mass is 16.5. The molecule has 0 fully saturated rings. The molecule has 5 nitrogen and oxygen atoms in total. The van der Waals surface area contributed by atoms with E-state index < -0.39 is 5.60 Å². The van der Waals surface area contributed by atoms with Crippen LogP contribution in [-0.4, -0.2) is 36.8 Å². The molecule has 0 aliphatic rings. The topological polar surface area (TPSA) is 70.6 Å². The van der Waals surface area contributed by atoms with Crippen LogP contribution in [0.5, 0.6) is 5.75 Å². The number of amides is 1. The molecule has 0 aromatic heterocycles. The van der Waals surface area contributed by atoms with Gasteiger partial charge in [0, 0.05) is 6.54 Å². The van der Waals surface area contributed by atoms with Crippen molar-refractivity contribution in [3.8, 4) is 5.75 Å². The second-order valence-electron chi connectivity index (χ2n) is 5.34. The minimum atomic E-state index is -0.903. The number of rotatable bonds is 7. The molecular weight excluding hydrogens is 256 g/mol. The molecule has 0 unspecified atom stereocenters. The van der Waals surface area contributed by atoms with Gasteiger partial charge < -0.3 is 20.5 Å². The van der Waals surface area contributed by atoms with Crippen LogP contribution in [0, 0.1) is 5.92 Å². The van der Waals surface area contributed by atoms with E-state index >= 15 is 0 Å². The van der Waals surface area contributed by atoms with Crippen LogP contribution in [0.4, 0.5) is 5.69 Å². The van der Waals surface area contributed by atoms with Gasteiger partial charge in [0.25, 0.3) is 0 Å². The molecule has 1 aromatic rings. The Hall–Kier alpha value is -1.75. The first kappa shape index (κ1) is 16.3. The summed E-state index contributed by atoms with van der Waals surface area (Å²) in [5, 5.41) is 15.8. The summed E-state index contributed by atoms with van der Waals surface area (Å²) in [7, 11) is 1.58. The average Bonchev–Trinajstić information content (AvgIpc) is 2.43. The normalized spacial score (nSPS) is 13.7. The molecule has 1 amide bonds. The summed E-state index contributed by atoms with van der Waals surface area (Å²) >= 11 is 0. The van der Waals surface area contributed by atoms with Crippen LogP contribution >= 0.6 is 0 Å². The van der Waals surface area contributed by atoms with Crippen LogP contribution < -0.4 is 15.4 Å². The van der Waals surface area contributed by atoms with Gasteiger partial charge in [-0.3, -0.25) is 4.79 Å². The molecule has 0 saturated heterocycles. The summed E-state index contributed by atoms with van der Waals surface area (Å²) in [6.45, 7) is 5.91. The van der Waals surface area contributed by atoms with Crippen molar-refractivity contribution >= 4 is 11.6 Å². The van der Waals surface area contributed by atoms with Gasteiger partial charge in [0.2, 0.25) is 5.91 Å². The van der Waals surface area contributed by atoms with Crippen LogP contribution in [0.25, 0.3) is 0 Å². The third-order valence-corrected chi connectivity index (χ3v) is 3.43. The number of hydrogen-bond acceptors (Lipinski definition) is 4. The molecule has 3 N–H and O–H groups in total. The van der Waals surface area contributed by atoms with E-state index in [0.717, 1.165) is 5.69 Å². The lowest BCUT2D eigenvalue weighted by atomic mass is 9.92. The van der Waals surface area contributed by atoms with Crippen molar-refractivity contribution in [1.29, 1.82) is 0 Å². The monoisotopic (exact) mass is 280 g/mol. The van der Waals surface area contributed by atoms with Gasteiger partial charge in [-0.05, 0) is 25.0 Å². The maximum atomic E-state index is 11.8. The lowest BCUT2D eigenvalue weighted by molar-refractivity contribution is -0.120. The maximum Gasteiger partial charge on any atom is 0.239 e. The van der Waals surface area contributed by atoms with E-state index in [1.165, 1.54) is 0 Å². The number of nitrogens with one attached hydrogen (secondary N) is 2. The van der Waals surface area contributed by atoms with Crippen molar-refractivity contribution in [2.75, 3.05) is 25.5 Å². The van der Waals surface area contributed by atoms with Gasteiger partial charge in [-0.25, -0.2) is 0 Å². The SMILES string of the molecule is COc1ccccc1NCC(=O)NC[C@](C)(O)C(C)C. The summed E-state index contributed by atoms with van der Waals surface area (Å²) in [5.74, 6) is 0.594. The number of carbonyl (C=O) groups is 1. The summed E-state index contributed by atoms with van der Waals surface area (Å²) in [6, 6.07) is 7.40. The molecule has 0 radical (unpaired) electrons. The molecule has 112 valence electrons. The van der Waals surface area contributed by atoms with Crippen molar-refractivity contribution in [1.82, 2.24) is 5.32 Å². The van der Waals surface area contributed by atoms with Crippen LogP contribution in [0.15, 0.2) is 24.3 Å². The van der Waals surface area contributed by atoms with E-state index in [0.29, 0.717) is 5.75 Å². The molecule has 5 heteroatoms. The van der Waals surface area contributed by atoms with E-state index in [1.54, 1.807) is 14.0 Å². The molecule has 0 aliphatic carbocycles. The zero-order valence-electron chi connectivity index (χ0n) is 12.6. The van der Waals surface area contributed by atoms with E-state index in [9.17, 15) is 9.90 Å². The highest BCUT2D eigenvalue weighted by molar-refractivity contribution is 5.81. The molecule has 20 heavy (non-hydrogen) atoms. The largest absolute Gasteiger partial charge is 0.495 e. The third kappa shape index (κ3) is 4.74. The summed E-state index contributed by atoms with van der Waals surface area (Å²) < 4.78 is 5.19. The maximum absolute atomic E-state index is 11.8. The van der Waals surface area contributed by atoms with Gasteiger partial charge in [0.1, 0.15) is 5.75 Å². The van der Waals surface area contributed by atoms with Gasteiger partial charge in [-0.2, -0.15) is 0 Å². The third-order valence-electron chi connectivity index (χ3n) is 3.43. The van der Waals surface area contributed by atoms with Gasteiger partial charge in [0.15, 0.2) is 0 Å². The minimum Gasteiger partial charge on any atom is -0.495 e. The van der Waals surface area contributed by atoms with Crippen LogP contribution in [0.1, 0.15) is 20.8 Å². The first-order valence-corrected chi connectivity index (χ1v) is 6.73. The Bertz CT molecular complexity index is 444. The van der Waals surface area contributed by atoms with Crippen LogP contribution in [0.2, 0.25) is 0 Å². The predicted octanol–water partition coefficient (Wildman–Crippen LogP) is 1.63.